The van der Waals surface area contributed by atoms with Crippen molar-refractivity contribution in [3.8, 4) is 17.0 Å². The fourth-order valence-corrected chi connectivity index (χ4v) is 3.85. The van der Waals surface area contributed by atoms with Crippen LogP contribution in [-0.2, 0) is 7.05 Å². The third kappa shape index (κ3) is 4.89. The van der Waals surface area contributed by atoms with Gasteiger partial charge in [-0.1, -0.05) is 12.1 Å². The monoisotopic (exact) mass is 460 g/mol. The molecule has 4 aromatic rings. The van der Waals surface area contributed by atoms with Crippen molar-refractivity contribution >= 4 is 33.8 Å². The summed E-state index contributed by atoms with van der Waals surface area (Å²) in [5.41, 5.74) is 5.78. The van der Waals surface area contributed by atoms with Gasteiger partial charge in [0, 0.05) is 57.3 Å². The van der Waals surface area contributed by atoms with E-state index < -0.39 is 0 Å². The Bertz CT molecular complexity index is 1280. The molecule has 0 aliphatic rings. The lowest BCUT2D eigenvalue weighted by molar-refractivity contribution is 0.413. The number of aryl methyl sites for hydroxylation is 1. The number of rotatable bonds is 9. The Morgan fingerprint density at radius 1 is 1.00 bits per heavy atom. The molecule has 2 N–H and O–H groups in total. The van der Waals surface area contributed by atoms with Crippen LogP contribution < -0.4 is 20.3 Å². The van der Waals surface area contributed by atoms with Gasteiger partial charge in [-0.05, 0) is 26.2 Å². The van der Waals surface area contributed by atoms with Gasteiger partial charge in [0.2, 0.25) is 0 Å². The lowest BCUT2D eigenvalue weighted by Crippen LogP contribution is -2.29. The Hall–Kier alpha value is -3.85. The number of likely N-dealkylation sites (N-methyl/N-ethyl adjacent to an activating group) is 2. The van der Waals surface area contributed by atoms with Crippen molar-refractivity contribution in [2.45, 2.75) is 0 Å². The molecule has 0 amide bonds. The van der Waals surface area contributed by atoms with Gasteiger partial charge in [-0.2, -0.15) is 5.10 Å². The van der Waals surface area contributed by atoms with E-state index in [0.717, 1.165) is 58.1 Å². The maximum Gasteiger partial charge on any atom is 0.144 e. The summed E-state index contributed by atoms with van der Waals surface area (Å²) in [6.07, 6.45) is 3.43. The van der Waals surface area contributed by atoms with Gasteiger partial charge in [-0.3, -0.25) is 4.68 Å². The number of hydrogen-bond donors (Lipinski definition) is 2. The van der Waals surface area contributed by atoms with Gasteiger partial charge in [0.05, 0.1) is 41.6 Å². The van der Waals surface area contributed by atoms with E-state index >= 15 is 0 Å². The Morgan fingerprint density at radius 3 is 2.56 bits per heavy atom. The molecule has 0 unspecified atom stereocenters. The Balaban J connectivity index is 1.63. The quantitative estimate of drug-likeness (QED) is 0.390. The molecule has 0 fully saturated rings. The molecule has 4 rings (SSSR count). The SMILES string of the molecule is CNc1cc(Nc2cc(-c3ccc4cnn(C)c4c3)ncn2)c(OC)cc1N(C)CCN(C)C. The zero-order valence-electron chi connectivity index (χ0n) is 20.6. The van der Waals surface area contributed by atoms with Gasteiger partial charge in [0.1, 0.15) is 17.9 Å². The first-order chi connectivity index (χ1) is 16.4. The van der Waals surface area contributed by atoms with E-state index in [4.69, 9.17) is 4.74 Å². The predicted octanol–water partition coefficient (Wildman–Crippen LogP) is 3.82. The standard InChI is InChI=1S/C25H32N8O/c1-26-20-12-21(24(34-6)14-23(20)32(4)10-9-31(2)3)30-25-13-19(27-16-28-25)17-7-8-18-15-29-33(5)22(18)11-17/h7-8,11-16,26H,9-10H2,1-6H3,(H,27,28,30). The van der Waals surface area contributed by atoms with Crippen molar-refractivity contribution in [3.63, 3.8) is 0 Å². The molecule has 0 bridgehead atoms. The Morgan fingerprint density at radius 2 is 1.82 bits per heavy atom. The summed E-state index contributed by atoms with van der Waals surface area (Å²) in [5, 5.41) is 12.1. The molecule has 0 radical (unpaired) electrons. The van der Waals surface area contributed by atoms with E-state index in [1.54, 1.807) is 13.4 Å². The van der Waals surface area contributed by atoms with Gasteiger partial charge in [0.25, 0.3) is 0 Å². The maximum atomic E-state index is 5.72. The average Bonchev–Trinajstić information content (AvgIpc) is 3.22. The first-order valence-corrected chi connectivity index (χ1v) is 11.2. The van der Waals surface area contributed by atoms with Crippen LogP contribution in [0.15, 0.2) is 48.9 Å². The number of aromatic nitrogens is 4. The van der Waals surface area contributed by atoms with Crippen LogP contribution in [0.25, 0.3) is 22.2 Å². The summed E-state index contributed by atoms with van der Waals surface area (Å²) >= 11 is 0. The average molecular weight is 461 g/mol. The molecule has 178 valence electrons. The summed E-state index contributed by atoms with van der Waals surface area (Å²) in [4.78, 5) is 13.3. The minimum absolute atomic E-state index is 0.684. The van der Waals surface area contributed by atoms with Gasteiger partial charge in [0.15, 0.2) is 0 Å². The van der Waals surface area contributed by atoms with Crippen LogP contribution in [0.5, 0.6) is 5.75 Å². The molecule has 0 aliphatic carbocycles. The largest absolute Gasteiger partial charge is 0.494 e. The number of ether oxygens (including phenoxy) is 1. The molecule has 9 nitrogen and oxygen atoms in total. The molecule has 2 aromatic heterocycles. The third-order valence-corrected chi connectivity index (χ3v) is 5.86. The van der Waals surface area contributed by atoms with E-state index in [1.165, 1.54) is 0 Å². The highest BCUT2D eigenvalue weighted by Gasteiger charge is 2.15. The number of methoxy groups -OCH3 is 1. The number of anilines is 4. The summed E-state index contributed by atoms with van der Waals surface area (Å²) in [6, 6.07) is 12.2. The van der Waals surface area contributed by atoms with E-state index in [0.29, 0.717) is 5.82 Å². The second-order valence-corrected chi connectivity index (χ2v) is 8.50. The molecular formula is C25H32N8O. The molecule has 0 aliphatic heterocycles. The second kappa shape index (κ2) is 9.96. The van der Waals surface area contributed by atoms with Crippen LogP contribution in [0.2, 0.25) is 0 Å². The van der Waals surface area contributed by atoms with Gasteiger partial charge in [-0.15, -0.1) is 0 Å². The lowest BCUT2D eigenvalue weighted by atomic mass is 10.1. The highest BCUT2D eigenvalue weighted by atomic mass is 16.5. The molecule has 0 atom stereocenters. The molecule has 0 spiro atoms. The lowest BCUT2D eigenvalue weighted by Gasteiger charge is -2.25. The minimum Gasteiger partial charge on any atom is -0.494 e. The normalized spacial score (nSPS) is 11.1. The third-order valence-electron chi connectivity index (χ3n) is 5.86. The van der Waals surface area contributed by atoms with Crippen LogP contribution in [0.3, 0.4) is 0 Å². The van der Waals surface area contributed by atoms with Crippen molar-refractivity contribution in [1.29, 1.82) is 0 Å². The molecule has 2 aromatic carbocycles. The fraction of sp³-hybridized carbons (Fsp3) is 0.320. The van der Waals surface area contributed by atoms with Crippen molar-refractivity contribution in [3.05, 3.63) is 48.9 Å². The van der Waals surface area contributed by atoms with Gasteiger partial charge < -0.3 is 25.2 Å². The van der Waals surface area contributed by atoms with Gasteiger partial charge in [-0.25, -0.2) is 9.97 Å². The van der Waals surface area contributed by atoms with Crippen molar-refractivity contribution < 1.29 is 4.74 Å². The summed E-state index contributed by atoms with van der Waals surface area (Å²) in [6.45, 7) is 1.85. The van der Waals surface area contributed by atoms with Crippen LogP contribution in [-0.4, -0.2) is 73.0 Å². The van der Waals surface area contributed by atoms with E-state index in [-0.39, 0.29) is 0 Å². The number of benzene rings is 2. The minimum atomic E-state index is 0.684. The van der Waals surface area contributed by atoms with Crippen molar-refractivity contribution in [2.24, 2.45) is 7.05 Å². The molecule has 0 saturated carbocycles. The molecule has 9 heteroatoms. The molecular weight excluding hydrogens is 428 g/mol. The zero-order chi connectivity index (χ0) is 24.2. The first-order valence-electron chi connectivity index (χ1n) is 11.2. The van der Waals surface area contributed by atoms with Crippen molar-refractivity contribution in [2.75, 3.05) is 63.9 Å². The fourth-order valence-electron chi connectivity index (χ4n) is 3.85. The molecule has 34 heavy (non-hydrogen) atoms. The van der Waals surface area contributed by atoms with E-state index in [2.05, 4.69) is 68.8 Å². The van der Waals surface area contributed by atoms with Gasteiger partial charge >= 0.3 is 0 Å². The number of hydrogen-bond acceptors (Lipinski definition) is 8. The smallest absolute Gasteiger partial charge is 0.144 e. The topological polar surface area (TPSA) is 83.4 Å². The zero-order valence-corrected chi connectivity index (χ0v) is 20.6. The van der Waals surface area contributed by atoms with E-state index in [1.807, 2.05) is 49.2 Å². The van der Waals surface area contributed by atoms with Crippen LogP contribution in [0.4, 0.5) is 22.9 Å². The second-order valence-electron chi connectivity index (χ2n) is 8.50. The Kier molecular flexibility index (Phi) is 6.83. The number of nitrogens with one attached hydrogen (secondary N) is 2. The molecule has 2 heterocycles. The van der Waals surface area contributed by atoms with Crippen molar-refractivity contribution in [1.82, 2.24) is 24.6 Å². The number of nitrogens with zero attached hydrogens (tertiary/aromatic N) is 6. The molecule has 0 saturated heterocycles. The summed E-state index contributed by atoms with van der Waals surface area (Å²) in [7, 11) is 11.8. The predicted molar refractivity (Wildman–Crippen MR) is 139 cm³/mol. The van der Waals surface area contributed by atoms with E-state index in [9.17, 15) is 0 Å². The summed E-state index contributed by atoms with van der Waals surface area (Å²) in [5.74, 6) is 1.42. The number of fused-ring (bicyclic) bond motifs is 1. The van der Waals surface area contributed by atoms with Crippen LogP contribution in [0, 0.1) is 0 Å². The Labute approximate surface area is 200 Å². The maximum absolute atomic E-state index is 5.72. The van der Waals surface area contributed by atoms with Crippen LogP contribution >= 0.6 is 0 Å². The first kappa shape index (κ1) is 23.3. The highest BCUT2D eigenvalue weighted by Crippen LogP contribution is 2.38. The highest BCUT2D eigenvalue weighted by molar-refractivity contribution is 5.84. The summed E-state index contributed by atoms with van der Waals surface area (Å²) < 4.78 is 7.58. The van der Waals surface area contributed by atoms with Crippen LogP contribution in [0.1, 0.15) is 0 Å².